The first-order chi connectivity index (χ1) is 10.6. The Morgan fingerprint density at radius 1 is 1.18 bits per heavy atom. The normalized spacial score (nSPS) is 17.2. The fourth-order valence-corrected chi connectivity index (χ4v) is 2.53. The standard InChI is InChI=1S/C16H19NO5/c1-3-22-16(20)13-5-4-10-17(13)14(18)11-6-8-12(9-7-11)15(19)21-2/h6-9,13H,3-5,10H2,1-2H3/t13-/m1/s1. The summed E-state index contributed by atoms with van der Waals surface area (Å²) >= 11 is 0. The Bertz CT molecular complexity index is 566. The van der Waals surface area contributed by atoms with Gasteiger partial charge in [0.05, 0.1) is 19.3 Å². The van der Waals surface area contributed by atoms with E-state index in [0.29, 0.717) is 30.7 Å². The van der Waals surface area contributed by atoms with Crippen LogP contribution in [0.25, 0.3) is 0 Å². The van der Waals surface area contributed by atoms with E-state index in [1.807, 2.05) is 0 Å². The largest absolute Gasteiger partial charge is 0.465 e. The molecule has 22 heavy (non-hydrogen) atoms. The van der Waals surface area contributed by atoms with Gasteiger partial charge < -0.3 is 14.4 Å². The smallest absolute Gasteiger partial charge is 0.337 e. The van der Waals surface area contributed by atoms with Crippen LogP contribution < -0.4 is 0 Å². The van der Waals surface area contributed by atoms with Crippen molar-refractivity contribution in [2.45, 2.75) is 25.8 Å². The molecule has 1 atom stereocenters. The van der Waals surface area contributed by atoms with Gasteiger partial charge >= 0.3 is 11.9 Å². The van der Waals surface area contributed by atoms with Crippen molar-refractivity contribution in [3.8, 4) is 0 Å². The molecule has 1 saturated heterocycles. The fourth-order valence-electron chi connectivity index (χ4n) is 2.53. The third kappa shape index (κ3) is 3.27. The molecular formula is C16H19NO5. The molecule has 1 aromatic carbocycles. The Balaban J connectivity index is 2.13. The van der Waals surface area contributed by atoms with E-state index in [1.165, 1.54) is 24.1 Å². The van der Waals surface area contributed by atoms with Crippen LogP contribution in [0.1, 0.15) is 40.5 Å². The van der Waals surface area contributed by atoms with E-state index in [0.717, 1.165) is 6.42 Å². The minimum atomic E-state index is -0.521. The average Bonchev–Trinajstić information content (AvgIpc) is 3.03. The second-order valence-corrected chi connectivity index (χ2v) is 4.98. The number of methoxy groups -OCH3 is 1. The van der Waals surface area contributed by atoms with Gasteiger partial charge in [-0.15, -0.1) is 0 Å². The van der Waals surface area contributed by atoms with Gasteiger partial charge in [-0.2, -0.15) is 0 Å². The number of nitrogens with zero attached hydrogens (tertiary/aromatic N) is 1. The molecule has 2 rings (SSSR count). The molecule has 1 amide bonds. The maximum absolute atomic E-state index is 12.5. The SMILES string of the molecule is CCOC(=O)[C@H]1CCCN1C(=O)c1ccc(C(=O)OC)cc1. The Labute approximate surface area is 129 Å². The summed E-state index contributed by atoms with van der Waals surface area (Å²) < 4.78 is 9.63. The molecule has 0 N–H and O–H groups in total. The summed E-state index contributed by atoms with van der Waals surface area (Å²) in [5, 5.41) is 0. The number of ether oxygens (including phenoxy) is 2. The molecule has 1 heterocycles. The van der Waals surface area contributed by atoms with Gasteiger partial charge in [0.25, 0.3) is 5.91 Å². The monoisotopic (exact) mass is 305 g/mol. The number of benzene rings is 1. The highest BCUT2D eigenvalue weighted by molar-refractivity contribution is 5.98. The van der Waals surface area contributed by atoms with E-state index in [9.17, 15) is 14.4 Å². The van der Waals surface area contributed by atoms with Crippen molar-refractivity contribution in [3.63, 3.8) is 0 Å². The van der Waals surface area contributed by atoms with Crippen LogP contribution in [-0.2, 0) is 14.3 Å². The molecule has 1 aromatic rings. The van der Waals surface area contributed by atoms with Crippen molar-refractivity contribution in [3.05, 3.63) is 35.4 Å². The van der Waals surface area contributed by atoms with Gasteiger partial charge in [0.2, 0.25) is 0 Å². The Kier molecular flexibility index (Phi) is 5.14. The summed E-state index contributed by atoms with van der Waals surface area (Å²) in [5.41, 5.74) is 0.811. The van der Waals surface area contributed by atoms with E-state index in [-0.39, 0.29) is 11.9 Å². The van der Waals surface area contributed by atoms with E-state index in [4.69, 9.17) is 4.74 Å². The Hall–Kier alpha value is -2.37. The zero-order valence-corrected chi connectivity index (χ0v) is 12.7. The summed E-state index contributed by atoms with van der Waals surface area (Å²) in [6.07, 6.45) is 1.39. The second kappa shape index (κ2) is 7.06. The maximum Gasteiger partial charge on any atom is 0.337 e. The van der Waals surface area contributed by atoms with Crippen molar-refractivity contribution >= 4 is 17.8 Å². The number of hydrogen-bond donors (Lipinski definition) is 0. The lowest BCUT2D eigenvalue weighted by Gasteiger charge is -2.23. The lowest BCUT2D eigenvalue weighted by atomic mass is 10.1. The Morgan fingerprint density at radius 2 is 1.82 bits per heavy atom. The molecule has 0 aromatic heterocycles. The summed E-state index contributed by atoms with van der Waals surface area (Å²) in [5.74, 6) is -1.05. The molecule has 1 aliphatic heterocycles. The third-order valence-electron chi connectivity index (χ3n) is 3.63. The third-order valence-corrected chi connectivity index (χ3v) is 3.63. The molecule has 0 bridgehead atoms. The first-order valence-electron chi connectivity index (χ1n) is 7.24. The number of hydrogen-bond acceptors (Lipinski definition) is 5. The predicted molar refractivity (Wildman–Crippen MR) is 78.5 cm³/mol. The first kappa shape index (κ1) is 16.0. The highest BCUT2D eigenvalue weighted by atomic mass is 16.5. The highest BCUT2D eigenvalue weighted by Crippen LogP contribution is 2.21. The summed E-state index contributed by atoms with van der Waals surface area (Å²) in [4.78, 5) is 37.3. The van der Waals surface area contributed by atoms with Gasteiger partial charge in [-0.3, -0.25) is 4.79 Å². The minimum Gasteiger partial charge on any atom is -0.465 e. The van der Waals surface area contributed by atoms with E-state index in [2.05, 4.69) is 4.74 Å². The van der Waals surface area contributed by atoms with Gasteiger partial charge in [-0.25, -0.2) is 9.59 Å². The summed E-state index contributed by atoms with van der Waals surface area (Å²) in [6, 6.07) is 5.68. The predicted octanol–water partition coefficient (Wildman–Crippen LogP) is 1.64. The Morgan fingerprint density at radius 3 is 2.41 bits per heavy atom. The zero-order valence-electron chi connectivity index (χ0n) is 12.7. The molecule has 0 aliphatic carbocycles. The number of amides is 1. The molecular weight excluding hydrogens is 286 g/mol. The first-order valence-corrected chi connectivity index (χ1v) is 7.24. The number of esters is 2. The van der Waals surface area contributed by atoms with Crippen molar-refractivity contribution < 1.29 is 23.9 Å². The molecule has 0 saturated carbocycles. The number of carbonyl (C=O) groups is 3. The van der Waals surface area contributed by atoms with Crippen LogP contribution in [0.15, 0.2) is 24.3 Å². The van der Waals surface area contributed by atoms with Crippen molar-refractivity contribution in [1.29, 1.82) is 0 Å². The lowest BCUT2D eigenvalue weighted by Crippen LogP contribution is -2.41. The van der Waals surface area contributed by atoms with E-state index in [1.54, 1.807) is 19.1 Å². The molecule has 0 spiro atoms. The summed E-state index contributed by atoms with van der Waals surface area (Å²) in [7, 11) is 1.30. The van der Waals surface area contributed by atoms with Crippen LogP contribution in [0.4, 0.5) is 0 Å². The highest BCUT2D eigenvalue weighted by Gasteiger charge is 2.35. The van der Waals surface area contributed by atoms with Crippen LogP contribution in [0.3, 0.4) is 0 Å². The lowest BCUT2D eigenvalue weighted by molar-refractivity contribution is -0.147. The van der Waals surface area contributed by atoms with Gasteiger partial charge in [0.15, 0.2) is 0 Å². The second-order valence-electron chi connectivity index (χ2n) is 4.98. The molecule has 1 fully saturated rings. The van der Waals surface area contributed by atoms with Crippen LogP contribution in [0.2, 0.25) is 0 Å². The van der Waals surface area contributed by atoms with Gasteiger partial charge in [-0.1, -0.05) is 0 Å². The average molecular weight is 305 g/mol. The zero-order chi connectivity index (χ0) is 16.1. The van der Waals surface area contributed by atoms with Crippen LogP contribution in [-0.4, -0.2) is 49.0 Å². The number of likely N-dealkylation sites (tertiary alicyclic amines) is 1. The number of rotatable bonds is 4. The molecule has 118 valence electrons. The topological polar surface area (TPSA) is 72.9 Å². The fraction of sp³-hybridized carbons (Fsp3) is 0.438. The van der Waals surface area contributed by atoms with Crippen LogP contribution in [0.5, 0.6) is 0 Å². The molecule has 1 aliphatic rings. The van der Waals surface area contributed by atoms with E-state index >= 15 is 0 Å². The van der Waals surface area contributed by atoms with Crippen molar-refractivity contribution in [2.24, 2.45) is 0 Å². The maximum atomic E-state index is 12.5. The van der Waals surface area contributed by atoms with E-state index < -0.39 is 12.0 Å². The summed E-state index contributed by atoms with van der Waals surface area (Å²) in [6.45, 7) is 2.57. The number of carbonyl (C=O) groups excluding carboxylic acids is 3. The van der Waals surface area contributed by atoms with Gasteiger partial charge in [0, 0.05) is 12.1 Å². The molecule has 6 heteroatoms. The van der Waals surface area contributed by atoms with Crippen molar-refractivity contribution in [2.75, 3.05) is 20.3 Å². The molecule has 0 unspecified atom stereocenters. The quantitative estimate of drug-likeness (QED) is 0.791. The van der Waals surface area contributed by atoms with Gasteiger partial charge in [0.1, 0.15) is 6.04 Å². The van der Waals surface area contributed by atoms with Crippen molar-refractivity contribution in [1.82, 2.24) is 4.90 Å². The van der Waals surface area contributed by atoms with Gasteiger partial charge in [-0.05, 0) is 44.0 Å². The molecule has 6 nitrogen and oxygen atoms in total. The minimum absolute atomic E-state index is 0.230. The molecule has 0 radical (unpaired) electrons. The van der Waals surface area contributed by atoms with Crippen LogP contribution in [0, 0.1) is 0 Å². The van der Waals surface area contributed by atoms with Crippen LogP contribution >= 0.6 is 0 Å².